The number of carboxylic acid groups (broad SMARTS) is 1. The van der Waals surface area contributed by atoms with E-state index in [1.54, 1.807) is 0 Å². The van der Waals surface area contributed by atoms with Crippen molar-refractivity contribution in [2.24, 2.45) is 5.92 Å². The molecule has 2 aliphatic rings. The molecule has 2 aromatic carbocycles. The summed E-state index contributed by atoms with van der Waals surface area (Å²) >= 11 is 0. The Morgan fingerprint density at radius 2 is 1.94 bits per heavy atom. The summed E-state index contributed by atoms with van der Waals surface area (Å²) in [7, 11) is 0. The molecule has 6 nitrogen and oxygen atoms in total. The highest BCUT2D eigenvalue weighted by Crippen LogP contribution is 2.36. The lowest BCUT2D eigenvalue weighted by Gasteiger charge is -2.32. The number of aliphatic carboxylic acids is 1. The lowest BCUT2D eigenvalue weighted by Crippen LogP contribution is -2.38. The standard InChI is InChI=1S/C19H20FNO3.C6H12O2/c20-15-3-1-13(2-4-15)17-7-8-21-10-14(17)11-22-16-5-6-18-19(9-16)24-12-23-18;1-2-3-4-5-6(7)8/h1-6,9,14,17,21H,7-8,10-12H2;2-5H2,1H3,(H,7,8)/t14-,17-;/m0./s1. The van der Waals surface area contributed by atoms with Crippen LogP contribution in [0.4, 0.5) is 4.39 Å². The molecule has 2 atom stereocenters. The van der Waals surface area contributed by atoms with Crippen molar-refractivity contribution in [2.75, 3.05) is 26.5 Å². The summed E-state index contributed by atoms with van der Waals surface area (Å²) < 4.78 is 29.9. The van der Waals surface area contributed by atoms with Gasteiger partial charge in [0.1, 0.15) is 11.6 Å². The third-order valence-corrected chi connectivity index (χ3v) is 5.71. The first-order valence-corrected chi connectivity index (χ1v) is 11.3. The molecule has 1 fully saturated rings. The van der Waals surface area contributed by atoms with Gasteiger partial charge in [0.15, 0.2) is 11.5 Å². The zero-order valence-corrected chi connectivity index (χ0v) is 18.5. The fourth-order valence-corrected chi connectivity index (χ4v) is 3.94. The quantitative estimate of drug-likeness (QED) is 0.558. The van der Waals surface area contributed by atoms with Crippen LogP contribution in [0.3, 0.4) is 0 Å². The van der Waals surface area contributed by atoms with Crippen LogP contribution >= 0.6 is 0 Å². The zero-order chi connectivity index (χ0) is 22.8. The van der Waals surface area contributed by atoms with Gasteiger partial charge in [0.25, 0.3) is 0 Å². The fraction of sp³-hybridized carbons (Fsp3) is 0.480. The summed E-state index contributed by atoms with van der Waals surface area (Å²) in [6.07, 6.45) is 4.31. The van der Waals surface area contributed by atoms with Gasteiger partial charge in [-0.05, 0) is 55.1 Å². The molecular weight excluding hydrogens is 413 g/mol. The molecule has 0 aromatic heterocycles. The number of benzene rings is 2. The van der Waals surface area contributed by atoms with Crippen LogP contribution < -0.4 is 19.5 Å². The van der Waals surface area contributed by atoms with E-state index in [0.29, 0.717) is 24.9 Å². The van der Waals surface area contributed by atoms with Gasteiger partial charge in [-0.25, -0.2) is 4.39 Å². The molecule has 2 aromatic rings. The first-order chi connectivity index (χ1) is 15.6. The topological polar surface area (TPSA) is 77.0 Å². The van der Waals surface area contributed by atoms with E-state index in [0.717, 1.165) is 56.0 Å². The second-order valence-electron chi connectivity index (χ2n) is 8.09. The van der Waals surface area contributed by atoms with Gasteiger partial charge >= 0.3 is 5.97 Å². The summed E-state index contributed by atoms with van der Waals surface area (Å²) in [6, 6.07) is 12.5. The van der Waals surface area contributed by atoms with Gasteiger partial charge in [-0.2, -0.15) is 0 Å². The average molecular weight is 446 g/mol. The van der Waals surface area contributed by atoms with E-state index in [2.05, 4.69) is 12.2 Å². The predicted molar refractivity (Wildman–Crippen MR) is 120 cm³/mol. The summed E-state index contributed by atoms with van der Waals surface area (Å²) in [5.74, 6) is 2.10. The van der Waals surface area contributed by atoms with E-state index in [1.807, 2.05) is 30.3 Å². The summed E-state index contributed by atoms with van der Waals surface area (Å²) in [5.41, 5.74) is 1.18. The van der Waals surface area contributed by atoms with Crippen LogP contribution in [0.15, 0.2) is 42.5 Å². The Balaban J connectivity index is 0.000000312. The molecule has 174 valence electrons. The molecule has 0 spiro atoms. The largest absolute Gasteiger partial charge is 0.493 e. The number of fused-ring (bicyclic) bond motifs is 1. The highest BCUT2D eigenvalue weighted by atomic mass is 19.1. The Labute approximate surface area is 188 Å². The molecule has 4 rings (SSSR count). The highest BCUT2D eigenvalue weighted by molar-refractivity contribution is 5.66. The predicted octanol–water partition coefficient (Wildman–Crippen LogP) is 4.98. The normalized spacial score (nSPS) is 19.1. The van der Waals surface area contributed by atoms with E-state index in [9.17, 15) is 9.18 Å². The minimum atomic E-state index is -0.682. The summed E-state index contributed by atoms with van der Waals surface area (Å²) in [5, 5.41) is 11.6. The molecule has 0 amide bonds. The number of hydrogen-bond donors (Lipinski definition) is 2. The van der Waals surface area contributed by atoms with Crippen molar-refractivity contribution in [3.63, 3.8) is 0 Å². The first-order valence-electron chi connectivity index (χ1n) is 11.3. The third kappa shape index (κ3) is 7.12. The Kier molecular flexibility index (Phi) is 9.16. The molecule has 1 saturated heterocycles. The number of carbonyl (C=O) groups is 1. The third-order valence-electron chi connectivity index (χ3n) is 5.71. The molecule has 2 heterocycles. The van der Waals surface area contributed by atoms with Gasteiger partial charge in [0, 0.05) is 24.9 Å². The Morgan fingerprint density at radius 1 is 1.16 bits per heavy atom. The maximum atomic E-state index is 13.2. The smallest absolute Gasteiger partial charge is 0.303 e. The maximum Gasteiger partial charge on any atom is 0.303 e. The summed E-state index contributed by atoms with van der Waals surface area (Å²) in [4.78, 5) is 9.87. The highest BCUT2D eigenvalue weighted by Gasteiger charge is 2.27. The monoisotopic (exact) mass is 445 g/mol. The SMILES string of the molecule is CCCCCC(=O)O.Fc1ccc([C@@H]2CCNC[C@H]2COc2ccc3c(c2)OCO3)cc1. The molecule has 0 radical (unpaired) electrons. The fourth-order valence-electron chi connectivity index (χ4n) is 3.94. The van der Waals surface area contributed by atoms with E-state index in [4.69, 9.17) is 19.3 Å². The first kappa shape index (κ1) is 23.9. The van der Waals surface area contributed by atoms with Crippen molar-refractivity contribution >= 4 is 5.97 Å². The molecule has 0 bridgehead atoms. The van der Waals surface area contributed by atoms with Gasteiger partial charge in [0.05, 0.1) is 6.61 Å². The van der Waals surface area contributed by atoms with Crippen molar-refractivity contribution in [1.82, 2.24) is 5.32 Å². The maximum absolute atomic E-state index is 13.2. The number of unbranched alkanes of at least 4 members (excludes halogenated alkanes) is 2. The molecule has 7 heteroatoms. The Bertz CT molecular complexity index is 858. The molecule has 2 aliphatic heterocycles. The molecule has 32 heavy (non-hydrogen) atoms. The van der Waals surface area contributed by atoms with Gasteiger partial charge in [-0.1, -0.05) is 31.9 Å². The minimum absolute atomic E-state index is 0.194. The number of piperidine rings is 1. The lowest BCUT2D eigenvalue weighted by molar-refractivity contribution is -0.137. The number of carboxylic acids is 1. The second kappa shape index (κ2) is 12.3. The van der Waals surface area contributed by atoms with E-state index in [-0.39, 0.29) is 12.6 Å². The summed E-state index contributed by atoms with van der Waals surface area (Å²) in [6.45, 7) is 4.80. The van der Waals surface area contributed by atoms with Crippen LogP contribution in [0.2, 0.25) is 0 Å². The molecule has 0 unspecified atom stereocenters. The number of halogens is 1. The number of rotatable bonds is 8. The van der Waals surface area contributed by atoms with E-state index >= 15 is 0 Å². The molecular formula is C25H32FNO5. The van der Waals surface area contributed by atoms with Crippen molar-refractivity contribution in [3.8, 4) is 17.2 Å². The number of hydrogen-bond acceptors (Lipinski definition) is 5. The van der Waals surface area contributed by atoms with Crippen LogP contribution in [-0.4, -0.2) is 37.6 Å². The van der Waals surface area contributed by atoms with Crippen molar-refractivity contribution in [2.45, 2.75) is 44.9 Å². The van der Waals surface area contributed by atoms with E-state index in [1.165, 1.54) is 17.7 Å². The average Bonchev–Trinajstić information content (AvgIpc) is 3.27. The minimum Gasteiger partial charge on any atom is -0.493 e. The van der Waals surface area contributed by atoms with Crippen molar-refractivity contribution in [3.05, 3.63) is 53.8 Å². The number of nitrogens with one attached hydrogen (secondary N) is 1. The van der Waals surface area contributed by atoms with Crippen LogP contribution in [0.1, 0.15) is 50.5 Å². The molecule has 0 saturated carbocycles. The van der Waals surface area contributed by atoms with Gasteiger partial charge in [-0.15, -0.1) is 0 Å². The van der Waals surface area contributed by atoms with Crippen LogP contribution in [0, 0.1) is 11.7 Å². The lowest BCUT2D eigenvalue weighted by atomic mass is 9.81. The molecule has 2 N–H and O–H groups in total. The Hall–Kier alpha value is -2.80. The molecule has 0 aliphatic carbocycles. The van der Waals surface area contributed by atoms with Gasteiger partial charge < -0.3 is 24.6 Å². The zero-order valence-electron chi connectivity index (χ0n) is 18.5. The van der Waals surface area contributed by atoms with E-state index < -0.39 is 5.97 Å². The van der Waals surface area contributed by atoms with Gasteiger partial charge in [-0.3, -0.25) is 4.79 Å². The van der Waals surface area contributed by atoms with Crippen molar-refractivity contribution in [1.29, 1.82) is 0 Å². The van der Waals surface area contributed by atoms with Crippen LogP contribution in [0.25, 0.3) is 0 Å². The van der Waals surface area contributed by atoms with Crippen molar-refractivity contribution < 1.29 is 28.5 Å². The second-order valence-corrected chi connectivity index (χ2v) is 8.09. The van der Waals surface area contributed by atoms with Crippen LogP contribution in [0.5, 0.6) is 17.2 Å². The van der Waals surface area contributed by atoms with Crippen LogP contribution in [-0.2, 0) is 4.79 Å². The van der Waals surface area contributed by atoms with Gasteiger partial charge in [0.2, 0.25) is 6.79 Å². The number of ether oxygens (including phenoxy) is 3. The Morgan fingerprint density at radius 3 is 2.69 bits per heavy atom.